The zero-order valence-electron chi connectivity index (χ0n) is 16.3. The number of aryl methyl sites for hydroxylation is 1. The van der Waals surface area contributed by atoms with E-state index in [2.05, 4.69) is 32.4 Å². The van der Waals surface area contributed by atoms with E-state index in [0.717, 1.165) is 63.1 Å². The summed E-state index contributed by atoms with van der Waals surface area (Å²) >= 11 is 0. The summed E-state index contributed by atoms with van der Waals surface area (Å²) in [4.78, 5) is 29.6. The molecule has 0 unspecified atom stereocenters. The molecule has 2 N–H and O–H groups in total. The lowest BCUT2D eigenvalue weighted by Gasteiger charge is -2.31. The molecule has 148 valence electrons. The van der Waals surface area contributed by atoms with Crippen molar-refractivity contribution in [2.75, 3.05) is 45.1 Å². The molecule has 7 nitrogen and oxygen atoms in total. The van der Waals surface area contributed by atoms with Crippen LogP contribution in [0.5, 0.6) is 0 Å². The van der Waals surface area contributed by atoms with E-state index in [-0.39, 0.29) is 11.7 Å². The predicted octanol–water partition coefficient (Wildman–Crippen LogP) is 1.97. The quantitative estimate of drug-likeness (QED) is 0.774. The van der Waals surface area contributed by atoms with Crippen molar-refractivity contribution >= 4 is 17.4 Å². The van der Waals surface area contributed by atoms with Gasteiger partial charge in [-0.15, -0.1) is 0 Å². The van der Waals surface area contributed by atoms with Crippen LogP contribution in [-0.2, 0) is 12.8 Å². The highest BCUT2D eigenvalue weighted by Gasteiger charge is 2.22. The fraction of sp³-hybridized carbons (Fsp3) is 0.476. The number of anilines is 1. The van der Waals surface area contributed by atoms with Crippen LogP contribution >= 0.6 is 0 Å². The summed E-state index contributed by atoms with van der Waals surface area (Å²) in [5.74, 6) is -0.0836. The van der Waals surface area contributed by atoms with Crippen LogP contribution in [0.25, 0.3) is 0 Å². The first-order valence-corrected chi connectivity index (χ1v) is 10.0. The smallest absolute Gasteiger partial charge is 0.276 e. The Hall–Kier alpha value is -2.51. The average Bonchev–Trinajstić information content (AvgIpc) is 3.14. The van der Waals surface area contributed by atoms with Gasteiger partial charge < -0.3 is 10.2 Å². The minimum Gasteiger partial charge on any atom is -0.321 e. The number of carbonyl (C=O) groups is 2. The number of amides is 1. The van der Waals surface area contributed by atoms with Gasteiger partial charge in [-0.05, 0) is 57.0 Å². The largest absolute Gasteiger partial charge is 0.321 e. The number of aromatic nitrogens is 2. The van der Waals surface area contributed by atoms with Gasteiger partial charge in [-0.1, -0.05) is 0 Å². The van der Waals surface area contributed by atoms with E-state index in [4.69, 9.17) is 0 Å². The van der Waals surface area contributed by atoms with E-state index in [1.165, 1.54) is 0 Å². The lowest BCUT2D eigenvalue weighted by Crippen LogP contribution is -2.46. The molecule has 0 spiro atoms. The third-order valence-corrected chi connectivity index (χ3v) is 5.70. The number of ketones is 1. The minimum absolute atomic E-state index is 0.115. The highest BCUT2D eigenvalue weighted by molar-refractivity contribution is 6.04. The number of carbonyl (C=O) groups excluding carboxylic acids is 2. The molecule has 1 aliphatic carbocycles. The van der Waals surface area contributed by atoms with Crippen LogP contribution in [0.3, 0.4) is 0 Å². The Morgan fingerprint density at radius 2 is 1.79 bits per heavy atom. The van der Waals surface area contributed by atoms with Crippen LogP contribution in [0, 0.1) is 0 Å². The fourth-order valence-corrected chi connectivity index (χ4v) is 3.90. The lowest BCUT2D eigenvalue weighted by atomic mass is 9.96. The van der Waals surface area contributed by atoms with Crippen LogP contribution in [0.15, 0.2) is 24.3 Å². The van der Waals surface area contributed by atoms with Gasteiger partial charge in [0.25, 0.3) is 5.91 Å². The van der Waals surface area contributed by atoms with E-state index in [0.29, 0.717) is 23.5 Å². The van der Waals surface area contributed by atoms with Crippen molar-refractivity contribution in [1.82, 2.24) is 20.0 Å². The monoisotopic (exact) mass is 381 g/mol. The Bertz CT molecular complexity index is 850. The maximum Gasteiger partial charge on any atom is 0.276 e. The van der Waals surface area contributed by atoms with Gasteiger partial charge in [-0.2, -0.15) is 5.10 Å². The molecule has 0 bridgehead atoms. The molecule has 1 aliphatic heterocycles. The van der Waals surface area contributed by atoms with Crippen molar-refractivity contribution < 1.29 is 9.59 Å². The van der Waals surface area contributed by atoms with Crippen molar-refractivity contribution in [3.05, 3.63) is 46.8 Å². The molecular weight excluding hydrogens is 354 g/mol. The Morgan fingerprint density at radius 3 is 2.54 bits per heavy atom. The van der Waals surface area contributed by atoms with Crippen LogP contribution in [0.2, 0.25) is 0 Å². The topological polar surface area (TPSA) is 81.3 Å². The SMILES string of the molecule is CN1CCN(CC(=O)c2ccc(NC(=O)c3n[nH]c4c3CCCC4)cc2)CC1. The van der Waals surface area contributed by atoms with E-state index in [9.17, 15) is 9.59 Å². The Morgan fingerprint density at radius 1 is 1.07 bits per heavy atom. The molecule has 1 fully saturated rings. The molecular formula is C21H27N5O2. The zero-order valence-corrected chi connectivity index (χ0v) is 16.3. The molecule has 4 rings (SSSR count). The molecule has 2 heterocycles. The standard InChI is InChI=1S/C21H27N5O2/c1-25-10-12-26(13-11-25)14-19(27)15-6-8-16(9-7-15)22-21(28)20-17-4-2-3-5-18(17)23-24-20/h6-9H,2-5,10-14H2,1H3,(H,22,28)(H,23,24). The third kappa shape index (κ3) is 4.15. The molecule has 0 atom stereocenters. The van der Waals surface area contributed by atoms with E-state index in [1.54, 1.807) is 24.3 Å². The molecule has 7 heteroatoms. The normalized spacial score (nSPS) is 17.9. The number of hydrogen-bond donors (Lipinski definition) is 2. The second-order valence-corrected chi connectivity index (χ2v) is 7.77. The average molecular weight is 381 g/mol. The zero-order chi connectivity index (χ0) is 19.5. The summed E-state index contributed by atoms with van der Waals surface area (Å²) in [5, 5.41) is 10.1. The number of hydrogen-bond acceptors (Lipinski definition) is 5. The van der Waals surface area contributed by atoms with Gasteiger partial charge in [-0.25, -0.2) is 0 Å². The summed E-state index contributed by atoms with van der Waals surface area (Å²) in [5.41, 5.74) is 3.97. The molecule has 1 aromatic carbocycles. The van der Waals surface area contributed by atoms with Crippen molar-refractivity contribution in [3.8, 4) is 0 Å². The van der Waals surface area contributed by atoms with Crippen molar-refractivity contribution in [2.24, 2.45) is 0 Å². The number of benzene rings is 1. The number of rotatable bonds is 5. The summed E-state index contributed by atoms with van der Waals surface area (Å²) in [6, 6.07) is 7.14. The predicted molar refractivity (Wildman–Crippen MR) is 108 cm³/mol. The third-order valence-electron chi connectivity index (χ3n) is 5.70. The number of aromatic amines is 1. The Balaban J connectivity index is 1.36. The van der Waals surface area contributed by atoms with Gasteiger partial charge in [0.1, 0.15) is 0 Å². The van der Waals surface area contributed by atoms with Gasteiger partial charge in [0.2, 0.25) is 0 Å². The Kier molecular flexibility index (Phi) is 5.54. The van der Waals surface area contributed by atoms with E-state index < -0.39 is 0 Å². The van der Waals surface area contributed by atoms with Gasteiger partial charge in [0.15, 0.2) is 11.5 Å². The van der Waals surface area contributed by atoms with Gasteiger partial charge in [0, 0.05) is 48.7 Å². The maximum absolute atomic E-state index is 12.6. The van der Waals surface area contributed by atoms with Crippen LogP contribution in [-0.4, -0.2) is 71.5 Å². The molecule has 0 saturated carbocycles. The molecule has 1 amide bonds. The first-order valence-electron chi connectivity index (χ1n) is 10.0. The van der Waals surface area contributed by atoms with Crippen molar-refractivity contribution in [2.45, 2.75) is 25.7 Å². The van der Waals surface area contributed by atoms with Gasteiger partial charge >= 0.3 is 0 Å². The van der Waals surface area contributed by atoms with Crippen LogP contribution in [0.4, 0.5) is 5.69 Å². The first-order chi connectivity index (χ1) is 13.6. The van der Waals surface area contributed by atoms with Crippen LogP contribution < -0.4 is 5.32 Å². The number of Topliss-reactive ketones (excluding diaryl/α,β-unsaturated/α-hetero) is 1. The summed E-state index contributed by atoms with van der Waals surface area (Å²) in [6.07, 6.45) is 4.09. The summed E-state index contributed by atoms with van der Waals surface area (Å²) in [7, 11) is 2.10. The molecule has 1 saturated heterocycles. The minimum atomic E-state index is -0.198. The first kappa shape index (κ1) is 18.8. The number of nitrogens with zero attached hydrogens (tertiary/aromatic N) is 3. The number of nitrogens with one attached hydrogen (secondary N) is 2. The molecule has 0 radical (unpaired) electrons. The number of likely N-dealkylation sites (N-methyl/N-ethyl adjacent to an activating group) is 1. The van der Waals surface area contributed by atoms with Crippen molar-refractivity contribution in [1.29, 1.82) is 0 Å². The van der Waals surface area contributed by atoms with E-state index in [1.807, 2.05) is 0 Å². The maximum atomic E-state index is 12.6. The number of piperazine rings is 1. The molecule has 2 aliphatic rings. The second kappa shape index (κ2) is 8.24. The fourth-order valence-electron chi connectivity index (χ4n) is 3.90. The van der Waals surface area contributed by atoms with E-state index >= 15 is 0 Å². The Labute approximate surface area is 165 Å². The summed E-state index contributed by atoms with van der Waals surface area (Å²) < 4.78 is 0. The van der Waals surface area contributed by atoms with Gasteiger partial charge in [-0.3, -0.25) is 19.6 Å². The molecule has 28 heavy (non-hydrogen) atoms. The number of H-pyrrole nitrogens is 1. The number of fused-ring (bicyclic) bond motifs is 1. The second-order valence-electron chi connectivity index (χ2n) is 7.77. The highest BCUT2D eigenvalue weighted by atomic mass is 16.2. The van der Waals surface area contributed by atoms with Gasteiger partial charge in [0.05, 0.1) is 6.54 Å². The highest BCUT2D eigenvalue weighted by Crippen LogP contribution is 2.23. The molecule has 2 aromatic rings. The molecule has 1 aromatic heterocycles. The van der Waals surface area contributed by atoms with Crippen LogP contribution in [0.1, 0.15) is 44.9 Å². The van der Waals surface area contributed by atoms with Crippen molar-refractivity contribution in [3.63, 3.8) is 0 Å². The lowest BCUT2D eigenvalue weighted by molar-refractivity contribution is 0.0876. The summed E-state index contributed by atoms with van der Waals surface area (Å²) in [6.45, 7) is 4.28.